The second-order valence-electron chi connectivity index (χ2n) is 6.26. The molecule has 3 nitrogen and oxygen atoms in total. The molecule has 3 rings (SSSR count). The lowest BCUT2D eigenvalue weighted by molar-refractivity contribution is -0.153. The first kappa shape index (κ1) is 14.6. The van der Waals surface area contributed by atoms with E-state index in [1.165, 1.54) is 31.2 Å². The van der Waals surface area contributed by atoms with E-state index in [2.05, 4.69) is 23.5 Å². The van der Waals surface area contributed by atoms with E-state index >= 15 is 0 Å². The Morgan fingerprint density at radius 3 is 2.81 bits per heavy atom. The highest BCUT2D eigenvalue weighted by atomic mass is 16.5. The summed E-state index contributed by atoms with van der Waals surface area (Å²) in [6.45, 7) is 2.32. The van der Waals surface area contributed by atoms with Crippen molar-refractivity contribution in [2.24, 2.45) is 0 Å². The monoisotopic (exact) mass is 287 g/mol. The lowest BCUT2D eigenvalue weighted by Gasteiger charge is -2.39. The standard InChI is InChI=1S/C18H25NO2/c1-2-21-17(20)18(19-15-10-4-5-11-15)13-7-9-14-8-3-6-12-16(14)18/h3,6,8,12,15,19H,2,4-5,7,9-11,13H2,1H3. The van der Waals surface area contributed by atoms with Crippen molar-refractivity contribution in [3.8, 4) is 0 Å². The summed E-state index contributed by atoms with van der Waals surface area (Å²) < 4.78 is 5.45. The lowest BCUT2D eigenvalue weighted by atomic mass is 9.76. The number of nitrogens with one attached hydrogen (secondary N) is 1. The van der Waals surface area contributed by atoms with Crippen molar-refractivity contribution in [2.45, 2.75) is 63.5 Å². The van der Waals surface area contributed by atoms with Gasteiger partial charge in [-0.2, -0.15) is 0 Å². The van der Waals surface area contributed by atoms with Crippen molar-refractivity contribution in [1.82, 2.24) is 5.32 Å². The maximum Gasteiger partial charge on any atom is 0.331 e. The smallest absolute Gasteiger partial charge is 0.331 e. The van der Waals surface area contributed by atoms with Crippen molar-refractivity contribution < 1.29 is 9.53 Å². The first-order chi connectivity index (χ1) is 10.3. The van der Waals surface area contributed by atoms with Gasteiger partial charge in [-0.15, -0.1) is 0 Å². The third-order valence-corrected chi connectivity index (χ3v) is 4.90. The molecule has 2 aliphatic carbocycles. The summed E-state index contributed by atoms with van der Waals surface area (Å²) in [6.07, 6.45) is 7.81. The van der Waals surface area contributed by atoms with Crippen LogP contribution >= 0.6 is 0 Å². The third-order valence-electron chi connectivity index (χ3n) is 4.90. The predicted molar refractivity (Wildman–Crippen MR) is 83.1 cm³/mol. The van der Waals surface area contributed by atoms with Gasteiger partial charge in [0.05, 0.1) is 6.61 Å². The summed E-state index contributed by atoms with van der Waals surface area (Å²) in [6, 6.07) is 8.80. The van der Waals surface area contributed by atoms with Gasteiger partial charge in [-0.25, -0.2) is 4.79 Å². The van der Waals surface area contributed by atoms with Crippen LogP contribution in [0.5, 0.6) is 0 Å². The van der Waals surface area contributed by atoms with E-state index in [1.54, 1.807) is 0 Å². The number of benzene rings is 1. The molecule has 3 heteroatoms. The maximum absolute atomic E-state index is 12.8. The molecule has 1 aromatic carbocycles. The van der Waals surface area contributed by atoms with Crippen LogP contribution in [0.4, 0.5) is 0 Å². The number of hydrogen-bond acceptors (Lipinski definition) is 3. The molecule has 2 aliphatic rings. The Labute approximate surface area is 127 Å². The average molecular weight is 287 g/mol. The molecule has 0 bridgehead atoms. The van der Waals surface area contributed by atoms with Gasteiger partial charge in [0.15, 0.2) is 0 Å². The largest absolute Gasteiger partial charge is 0.464 e. The van der Waals surface area contributed by atoms with E-state index in [0.717, 1.165) is 24.8 Å². The Morgan fingerprint density at radius 1 is 1.29 bits per heavy atom. The summed E-state index contributed by atoms with van der Waals surface area (Å²) in [5.74, 6) is -0.0935. The topological polar surface area (TPSA) is 38.3 Å². The van der Waals surface area contributed by atoms with E-state index in [1.807, 2.05) is 13.0 Å². The molecule has 0 aliphatic heterocycles. The van der Waals surface area contributed by atoms with Crippen LogP contribution in [0, 0.1) is 0 Å². The summed E-state index contributed by atoms with van der Waals surface area (Å²) in [4.78, 5) is 12.8. The van der Waals surface area contributed by atoms with Gasteiger partial charge in [0, 0.05) is 6.04 Å². The number of carbonyl (C=O) groups excluding carboxylic acids is 1. The molecule has 0 amide bonds. The van der Waals surface area contributed by atoms with Crippen LogP contribution in [0.1, 0.15) is 56.6 Å². The van der Waals surface area contributed by atoms with Gasteiger partial charge in [-0.3, -0.25) is 5.32 Å². The van der Waals surface area contributed by atoms with Crippen LogP contribution in [-0.2, 0) is 21.5 Å². The second kappa shape index (κ2) is 6.18. The Bertz CT molecular complexity index is 508. The number of aryl methyl sites for hydroxylation is 1. The maximum atomic E-state index is 12.8. The van der Waals surface area contributed by atoms with Gasteiger partial charge < -0.3 is 4.74 Å². The van der Waals surface area contributed by atoms with Crippen LogP contribution in [0.2, 0.25) is 0 Å². The Balaban J connectivity index is 1.98. The van der Waals surface area contributed by atoms with Gasteiger partial charge in [0.2, 0.25) is 0 Å². The fourth-order valence-corrected chi connectivity index (χ4v) is 3.93. The number of hydrogen-bond donors (Lipinski definition) is 1. The van der Waals surface area contributed by atoms with Gasteiger partial charge in [0.1, 0.15) is 5.54 Å². The van der Waals surface area contributed by atoms with E-state index in [0.29, 0.717) is 12.6 Å². The summed E-state index contributed by atoms with van der Waals surface area (Å²) in [5, 5.41) is 3.70. The predicted octanol–water partition coefficient (Wildman–Crippen LogP) is 3.31. The highest BCUT2D eigenvalue weighted by Gasteiger charge is 2.46. The molecule has 1 unspecified atom stereocenters. The second-order valence-corrected chi connectivity index (χ2v) is 6.26. The number of esters is 1. The zero-order valence-electron chi connectivity index (χ0n) is 12.9. The lowest BCUT2D eigenvalue weighted by Crippen LogP contribution is -2.55. The van der Waals surface area contributed by atoms with E-state index in [-0.39, 0.29) is 5.97 Å². The van der Waals surface area contributed by atoms with Crippen LogP contribution in [0.15, 0.2) is 24.3 Å². The third kappa shape index (κ3) is 2.71. The summed E-state index contributed by atoms with van der Waals surface area (Å²) in [5.41, 5.74) is 1.81. The zero-order valence-corrected chi connectivity index (χ0v) is 12.9. The Hall–Kier alpha value is -1.35. The number of carbonyl (C=O) groups is 1. The Morgan fingerprint density at radius 2 is 2.05 bits per heavy atom. The molecule has 0 heterocycles. The molecule has 1 aromatic rings. The fourth-order valence-electron chi connectivity index (χ4n) is 3.93. The molecule has 0 saturated heterocycles. The van der Waals surface area contributed by atoms with Gasteiger partial charge >= 0.3 is 5.97 Å². The minimum absolute atomic E-state index is 0.0935. The Kier molecular flexibility index (Phi) is 4.29. The van der Waals surface area contributed by atoms with Crippen molar-refractivity contribution in [2.75, 3.05) is 6.61 Å². The minimum Gasteiger partial charge on any atom is -0.464 e. The molecule has 114 valence electrons. The summed E-state index contributed by atoms with van der Waals surface area (Å²) in [7, 11) is 0. The quantitative estimate of drug-likeness (QED) is 0.863. The number of ether oxygens (including phenoxy) is 1. The highest BCUT2D eigenvalue weighted by molar-refractivity contribution is 5.83. The SMILES string of the molecule is CCOC(=O)C1(NC2CCCC2)CCCc2ccccc21. The van der Waals surface area contributed by atoms with Crippen molar-refractivity contribution >= 4 is 5.97 Å². The van der Waals surface area contributed by atoms with Crippen molar-refractivity contribution in [3.63, 3.8) is 0 Å². The van der Waals surface area contributed by atoms with Crippen LogP contribution in [0.3, 0.4) is 0 Å². The highest BCUT2D eigenvalue weighted by Crippen LogP contribution is 2.38. The van der Waals surface area contributed by atoms with Crippen LogP contribution in [0.25, 0.3) is 0 Å². The molecular weight excluding hydrogens is 262 g/mol. The van der Waals surface area contributed by atoms with E-state index in [4.69, 9.17) is 4.74 Å². The molecule has 21 heavy (non-hydrogen) atoms. The molecule has 0 radical (unpaired) electrons. The molecular formula is C18H25NO2. The summed E-state index contributed by atoms with van der Waals surface area (Å²) >= 11 is 0. The van der Waals surface area contributed by atoms with Crippen LogP contribution in [-0.4, -0.2) is 18.6 Å². The van der Waals surface area contributed by atoms with Crippen molar-refractivity contribution in [3.05, 3.63) is 35.4 Å². The zero-order chi connectivity index (χ0) is 14.7. The van der Waals surface area contributed by atoms with Gasteiger partial charge in [0.25, 0.3) is 0 Å². The fraction of sp³-hybridized carbons (Fsp3) is 0.611. The normalized spacial score (nSPS) is 25.6. The van der Waals surface area contributed by atoms with Crippen molar-refractivity contribution in [1.29, 1.82) is 0 Å². The first-order valence-electron chi connectivity index (χ1n) is 8.29. The first-order valence-corrected chi connectivity index (χ1v) is 8.29. The molecule has 0 spiro atoms. The molecule has 1 N–H and O–H groups in total. The number of rotatable bonds is 4. The molecule has 1 fully saturated rings. The minimum atomic E-state index is -0.625. The molecule has 1 atom stereocenters. The molecule has 1 saturated carbocycles. The number of fused-ring (bicyclic) bond motifs is 1. The average Bonchev–Trinajstić information content (AvgIpc) is 3.00. The van der Waals surface area contributed by atoms with Gasteiger partial charge in [-0.1, -0.05) is 37.1 Å². The van der Waals surface area contributed by atoms with E-state index < -0.39 is 5.54 Å². The molecule has 0 aromatic heterocycles. The van der Waals surface area contributed by atoms with Crippen LogP contribution < -0.4 is 5.32 Å². The van der Waals surface area contributed by atoms with Gasteiger partial charge in [-0.05, 0) is 50.2 Å². The van der Waals surface area contributed by atoms with E-state index in [9.17, 15) is 4.79 Å².